The van der Waals surface area contributed by atoms with Crippen LogP contribution in [0.4, 0.5) is 13.2 Å². The van der Waals surface area contributed by atoms with E-state index in [2.05, 4.69) is 10.6 Å². The molecule has 0 radical (unpaired) electrons. The molecule has 0 spiro atoms. The number of rotatable bonds is 10. The van der Waals surface area contributed by atoms with Gasteiger partial charge in [0.05, 0.1) is 29.0 Å². The van der Waals surface area contributed by atoms with Crippen LogP contribution in [0.1, 0.15) is 32.3 Å². The van der Waals surface area contributed by atoms with Crippen LogP contribution in [0.3, 0.4) is 0 Å². The Balaban J connectivity index is 2.19. The van der Waals surface area contributed by atoms with Gasteiger partial charge < -0.3 is 15.4 Å². The highest BCUT2D eigenvalue weighted by Gasteiger charge is 2.46. The molecule has 0 bridgehead atoms. The fourth-order valence-corrected chi connectivity index (χ4v) is 3.89. The van der Waals surface area contributed by atoms with E-state index in [4.69, 9.17) is 27.9 Å². The van der Waals surface area contributed by atoms with Crippen LogP contribution >= 0.6 is 23.2 Å². The molecule has 0 aromatic heterocycles. The molecule has 11 heteroatoms. The van der Waals surface area contributed by atoms with Crippen molar-refractivity contribution in [2.45, 2.75) is 51.4 Å². The molecule has 6 nitrogen and oxygen atoms in total. The molecule has 2 rings (SSSR count). The largest absolute Gasteiger partial charge is 0.501 e. The number of alkyl halides is 3. The van der Waals surface area contributed by atoms with Crippen molar-refractivity contribution in [2.24, 2.45) is 11.8 Å². The van der Waals surface area contributed by atoms with E-state index in [1.807, 2.05) is 0 Å². The van der Waals surface area contributed by atoms with E-state index in [1.54, 1.807) is 36.4 Å². The molecule has 1 unspecified atom stereocenters. The number of hydrogen-bond donors (Lipinski definition) is 2. The molecule has 3 atom stereocenters. The third-order valence-corrected chi connectivity index (χ3v) is 6.26. The topological polar surface area (TPSA) is 84.5 Å². The third kappa shape index (κ3) is 8.28. The molecule has 1 aromatic carbocycles. The lowest BCUT2D eigenvalue weighted by Gasteiger charge is -2.30. The van der Waals surface area contributed by atoms with Crippen LogP contribution in [0.15, 0.2) is 42.2 Å². The van der Waals surface area contributed by atoms with Crippen molar-refractivity contribution < 1.29 is 32.3 Å². The van der Waals surface area contributed by atoms with E-state index in [0.717, 1.165) is 5.56 Å². The summed E-state index contributed by atoms with van der Waals surface area (Å²) in [5.41, 5.74) is 0.744. The summed E-state index contributed by atoms with van der Waals surface area (Å²) in [5.74, 6) is -4.33. The van der Waals surface area contributed by atoms with Gasteiger partial charge in [-0.3, -0.25) is 14.4 Å². The van der Waals surface area contributed by atoms with Gasteiger partial charge in [0.25, 0.3) is 5.78 Å². The molecule has 0 aliphatic heterocycles. The van der Waals surface area contributed by atoms with Crippen LogP contribution in [0, 0.1) is 11.8 Å². The predicted octanol–water partition coefficient (Wildman–Crippen LogP) is 4.79. The summed E-state index contributed by atoms with van der Waals surface area (Å²) < 4.78 is 44.4. The normalized spacial score (nSPS) is 17.4. The summed E-state index contributed by atoms with van der Waals surface area (Å²) in [5, 5.41) is 5.52. The molecule has 0 heterocycles. The van der Waals surface area contributed by atoms with Gasteiger partial charge in [0.1, 0.15) is 6.04 Å². The second-order valence-corrected chi connectivity index (χ2v) is 9.29. The van der Waals surface area contributed by atoms with Crippen LogP contribution in [0.2, 0.25) is 10.0 Å². The number of amides is 2. The highest BCUT2D eigenvalue weighted by molar-refractivity contribution is 6.42. The molecule has 0 fully saturated rings. The number of benzene rings is 1. The SMILES string of the molecule is COC1=CC=CC([C@H](NC(=O)CCc2ccc(Cl)c(Cl)c2)C(=O)N[C@H](C(=O)C(F)(F)F)C(C)C)C1. The molecule has 0 saturated carbocycles. The zero-order valence-electron chi connectivity index (χ0n) is 19.4. The number of hydrogen-bond acceptors (Lipinski definition) is 4. The minimum atomic E-state index is -5.11. The molecular formula is C24H27Cl2F3N2O4. The maximum absolute atomic E-state index is 13.1. The quantitative estimate of drug-likeness (QED) is 0.452. The maximum Gasteiger partial charge on any atom is 0.452 e. The lowest BCUT2D eigenvalue weighted by molar-refractivity contribution is -0.175. The number of carbonyl (C=O) groups is 3. The highest BCUT2D eigenvalue weighted by Crippen LogP contribution is 2.25. The Morgan fingerprint density at radius 3 is 2.40 bits per heavy atom. The Hall–Kier alpha value is -2.52. The van der Waals surface area contributed by atoms with Gasteiger partial charge in [-0.15, -0.1) is 0 Å². The van der Waals surface area contributed by atoms with Gasteiger partial charge in [-0.05, 0) is 36.1 Å². The van der Waals surface area contributed by atoms with Crippen molar-refractivity contribution >= 4 is 40.8 Å². The van der Waals surface area contributed by atoms with Gasteiger partial charge in [-0.2, -0.15) is 13.2 Å². The number of aryl methyl sites for hydroxylation is 1. The van der Waals surface area contributed by atoms with E-state index in [-0.39, 0.29) is 12.8 Å². The van der Waals surface area contributed by atoms with Crippen molar-refractivity contribution in [1.29, 1.82) is 0 Å². The average molecular weight is 535 g/mol. The monoisotopic (exact) mass is 534 g/mol. The van der Waals surface area contributed by atoms with Crippen LogP contribution in [0.5, 0.6) is 0 Å². The Kier molecular flexibility index (Phi) is 10.2. The third-order valence-electron chi connectivity index (χ3n) is 5.52. The molecule has 2 amide bonds. The van der Waals surface area contributed by atoms with E-state index in [0.29, 0.717) is 22.2 Å². The second-order valence-electron chi connectivity index (χ2n) is 8.48. The number of halogens is 5. The maximum atomic E-state index is 13.1. The molecule has 1 aliphatic carbocycles. The van der Waals surface area contributed by atoms with Gasteiger partial charge in [0, 0.05) is 18.8 Å². The summed E-state index contributed by atoms with van der Waals surface area (Å²) >= 11 is 11.9. The van der Waals surface area contributed by atoms with Gasteiger partial charge in [0.2, 0.25) is 11.8 Å². The lowest BCUT2D eigenvalue weighted by atomic mass is 9.89. The first kappa shape index (κ1) is 28.7. The van der Waals surface area contributed by atoms with Crippen LogP contribution in [0.25, 0.3) is 0 Å². The summed E-state index contributed by atoms with van der Waals surface area (Å²) in [6.07, 6.45) is 0.372. The molecular weight excluding hydrogens is 508 g/mol. The van der Waals surface area contributed by atoms with Crippen molar-refractivity contribution in [3.63, 3.8) is 0 Å². The first-order chi connectivity index (χ1) is 16.3. The van der Waals surface area contributed by atoms with Gasteiger partial charge in [0.15, 0.2) is 0 Å². The van der Waals surface area contributed by atoms with Crippen molar-refractivity contribution in [3.05, 3.63) is 57.8 Å². The molecule has 35 heavy (non-hydrogen) atoms. The average Bonchev–Trinajstić information content (AvgIpc) is 2.80. The lowest BCUT2D eigenvalue weighted by Crippen LogP contribution is -2.57. The summed E-state index contributed by atoms with van der Waals surface area (Å²) in [7, 11) is 1.45. The number of allylic oxidation sites excluding steroid dienone is 3. The number of methoxy groups -OCH3 is 1. The first-order valence-electron chi connectivity index (χ1n) is 10.9. The zero-order chi connectivity index (χ0) is 26.3. The number of carbonyl (C=O) groups excluding carboxylic acids is 3. The summed E-state index contributed by atoms with van der Waals surface area (Å²) in [4.78, 5) is 37.7. The minimum Gasteiger partial charge on any atom is -0.501 e. The minimum absolute atomic E-state index is 0.0137. The smallest absolute Gasteiger partial charge is 0.452 e. The standard InChI is InChI=1S/C24H27Cl2F3N2O4/c1-13(2)20(22(33)24(27,28)29)31-23(34)21(15-5-4-6-16(12-15)35-3)30-19(32)10-8-14-7-9-17(25)18(26)11-14/h4-7,9,11,13,15,20-21H,8,10,12H2,1-3H3,(H,30,32)(H,31,34)/t15?,20-,21-/m0/s1. The van der Waals surface area contributed by atoms with Gasteiger partial charge in [-0.25, -0.2) is 0 Å². The fourth-order valence-electron chi connectivity index (χ4n) is 3.57. The number of ketones is 1. The van der Waals surface area contributed by atoms with Crippen LogP contribution < -0.4 is 10.6 Å². The Morgan fingerprint density at radius 2 is 1.83 bits per heavy atom. The Morgan fingerprint density at radius 1 is 1.14 bits per heavy atom. The van der Waals surface area contributed by atoms with Crippen molar-refractivity contribution in [3.8, 4) is 0 Å². The van der Waals surface area contributed by atoms with E-state index >= 15 is 0 Å². The fraction of sp³-hybridized carbons (Fsp3) is 0.458. The molecule has 2 N–H and O–H groups in total. The summed E-state index contributed by atoms with van der Waals surface area (Å²) in [6, 6.07) is 1.91. The predicted molar refractivity (Wildman–Crippen MR) is 127 cm³/mol. The van der Waals surface area contributed by atoms with Gasteiger partial charge >= 0.3 is 6.18 Å². The van der Waals surface area contributed by atoms with E-state index in [1.165, 1.54) is 21.0 Å². The molecule has 1 aliphatic rings. The van der Waals surface area contributed by atoms with Gasteiger partial charge in [-0.1, -0.05) is 55.3 Å². The van der Waals surface area contributed by atoms with Crippen LogP contribution in [-0.4, -0.2) is 43.0 Å². The zero-order valence-corrected chi connectivity index (χ0v) is 20.9. The second kappa shape index (κ2) is 12.4. The van der Waals surface area contributed by atoms with E-state index < -0.39 is 47.7 Å². The number of Topliss-reactive ketones (excluding diaryl/α,β-unsaturated/α-hetero) is 1. The number of nitrogens with one attached hydrogen (secondary N) is 2. The first-order valence-corrected chi connectivity index (χ1v) is 11.6. The highest BCUT2D eigenvalue weighted by atomic mass is 35.5. The van der Waals surface area contributed by atoms with Crippen molar-refractivity contribution in [2.75, 3.05) is 7.11 Å². The Labute approximate surface area is 211 Å². The summed E-state index contributed by atoms with van der Waals surface area (Å²) in [6.45, 7) is 2.79. The number of ether oxygens (including phenoxy) is 1. The Bertz CT molecular complexity index is 1010. The molecule has 0 saturated heterocycles. The molecule has 1 aromatic rings. The molecule has 192 valence electrons. The van der Waals surface area contributed by atoms with E-state index in [9.17, 15) is 27.6 Å². The van der Waals surface area contributed by atoms with Crippen molar-refractivity contribution in [1.82, 2.24) is 10.6 Å². The van der Waals surface area contributed by atoms with Crippen LogP contribution in [-0.2, 0) is 25.5 Å².